The number of piperidine rings is 1. The van der Waals surface area contributed by atoms with Crippen molar-refractivity contribution in [1.29, 1.82) is 0 Å². The number of likely N-dealkylation sites (N-methyl/N-ethyl adjacent to an activating group) is 1. The monoisotopic (exact) mass is 357 g/mol. The molecule has 3 heterocycles. The molecule has 6 nitrogen and oxygen atoms in total. The molecule has 0 radical (unpaired) electrons. The number of rotatable bonds is 1. The maximum Gasteiger partial charge on any atom is 0.320 e. The van der Waals surface area contributed by atoms with Gasteiger partial charge >= 0.3 is 6.03 Å². The fourth-order valence-electron chi connectivity index (χ4n) is 4.78. The van der Waals surface area contributed by atoms with E-state index in [0.717, 1.165) is 19.4 Å². The molecule has 1 aromatic rings. The first-order chi connectivity index (χ1) is 12.6. The van der Waals surface area contributed by atoms with Crippen molar-refractivity contribution in [2.24, 2.45) is 5.41 Å². The molecule has 0 N–H and O–H groups in total. The normalized spacial score (nSPS) is 25.8. The molecule has 3 aliphatic rings. The van der Waals surface area contributed by atoms with Crippen LogP contribution in [0.25, 0.3) is 0 Å². The van der Waals surface area contributed by atoms with Crippen molar-refractivity contribution in [3.63, 3.8) is 0 Å². The zero-order chi connectivity index (χ0) is 18.1. The number of likely N-dealkylation sites (tertiary alicyclic amines) is 2. The van der Waals surface area contributed by atoms with Crippen molar-refractivity contribution >= 4 is 11.9 Å². The van der Waals surface area contributed by atoms with Gasteiger partial charge in [-0.1, -0.05) is 30.3 Å². The van der Waals surface area contributed by atoms with Crippen LogP contribution in [0.4, 0.5) is 4.79 Å². The van der Waals surface area contributed by atoms with Crippen LogP contribution in [0, 0.1) is 5.41 Å². The molecule has 3 saturated heterocycles. The Bertz CT molecular complexity index is 664. The maximum atomic E-state index is 13.0. The van der Waals surface area contributed by atoms with Crippen molar-refractivity contribution in [2.75, 3.05) is 53.0 Å². The highest BCUT2D eigenvalue weighted by molar-refractivity contribution is 5.87. The van der Waals surface area contributed by atoms with Gasteiger partial charge < -0.3 is 19.4 Å². The lowest BCUT2D eigenvalue weighted by atomic mass is 9.68. The molecule has 4 rings (SSSR count). The highest BCUT2D eigenvalue weighted by Crippen LogP contribution is 2.50. The van der Waals surface area contributed by atoms with Gasteiger partial charge in [0.2, 0.25) is 5.91 Å². The molecular formula is C20H27N3O3. The summed E-state index contributed by atoms with van der Waals surface area (Å²) in [6.45, 7) is 4.62. The lowest BCUT2D eigenvalue weighted by Crippen LogP contribution is -2.53. The summed E-state index contributed by atoms with van der Waals surface area (Å²) in [5, 5.41) is 0. The number of hydrogen-bond acceptors (Lipinski definition) is 3. The summed E-state index contributed by atoms with van der Waals surface area (Å²) >= 11 is 0. The number of urea groups is 1. The van der Waals surface area contributed by atoms with E-state index < -0.39 is 0 Å². The molecule has 3 fully saturated rings. The van der Waals surface area contributed by atoms with Gasteiger partial charge in [0, 0.05) is 45.7 Å². The number of benzene rings is 1. The highest BCUT2D eigenvalue weighted by atomic mass is 16.5. The summed E-state index contributed by atoms with van der Waals surface area (Å²) in [6.07, 6.45) is 1.48. The summed E-state index contributed by atoms with van der Waals surface area (Å²) in [5.41, 5.74) is 0.871. The molecule has 26 heavy (non-hydrogen) atoms. The summed E-state index contributed by atoms with van der Waals surface area (Å²) < 4.78 is 5.34. The molecule has 3 aliphatic heterocycles. The van der Waals surface area contributed by atoms with E-state index >= 15 is 0 Å². The van der Waals surface area contributed by atoms with E-state index in [2.05, 4.69) is 12.1 Å². The largest absolute Gasteiger partial charge is 0.378 e. The molecule has 1 spiro atoms. The third-order valence-electron chi connectivity index (χ3n) is 6.31. The van der Waals surface area contributed by atoms with Gasteiger partial charge in [0.1, 0.15) is 0 Å². The smallest absolute Gasteiger partial charge is 0.320 e. The third kappa shape index (κ3) is 2.86. The van der Waals surface area contributed by atoms with Gasteiger partial charge in [0.15, 0.2) is 0 Å². The van der Waals surface area contributed by atoms with Crippen molar-refractivity contribution in [3.8, 4) is 0 Å². The topological polar surface area (TPSA) is 53.1 Å². The minimum atomic E-state index is -0.363. The standard InChI is InChI=1S/C20H27N3O3/c1-21-15-17(16-5-3-2-4-6-16)20(18(21)24)7-9-22(10-8-20)19(25)23-11-13-26-14-12-23/h2-6,17H,7-15H2,1H3/t17-/m1/s1. The lowest BCUT2D eigenvalue weighted by Gasteiger charge is -2.43. The Morgan fingerprint density at radius 2 is 1.65 bits per heavy atom. The minimum Gasteiger partial charge on any atom is -0.378 e. The Balaban J connectivity index is 1.50. The van der Waals surface area contributed by atoms with Crippen molar-refractivity contribution in [1.82, 2.24) is 14.7 Å². The van der Waals surface area contributed by atoms with Crippen LogP contribution in [0.5, 0.6) is 0 Å². The first-order valence-electron chi connectivity index (χ1n) is 9.54. The summed E-state index contributed by atoms with van der Waals surface area (Å²) in [4.78, 5) is 31.5. The fourth-order valence-corrected chi connectivity index (χ4v) is 4.78. The zero-order valence-corrected chi connectivity index (χ0v) is 15.4. The SMILES string of the molecule is CN1C[C@H](c2ccccc2)C2(CCN(C(=O)N3CCOCC3)CC2)C1=O. The first-order valence-corrected chi connectivity index (χ1v) is 9.54. The van der Waals surface area contributed by atoms with Gasteiger partial charge in [-0.05, 0) is 18.4 Å². The minimum absolute atomic E-state index is 0.0956. The quantitative estimate of drug-likeness (QED) is 0.770. The Hall–Kier alpha value is -2.08. The highest BCUT2D eigenvalue weighted by Gasteiger charge is 2.54. The Labute approximate surface area is 154 Å². The zero-order valence-electron chi connectivity index (χ0n) is 15.4. The molecule has 1 atom stereocenters. The fraction of sp³-hybridized carbons (Fsp3) is 0.600. The van der Waals surface area contributed by atoms with Gasteiger partial charge in [0.05, 0.1) is 18.6 Å². The molecule has 0 unspecified atom stereocenters. The van der Waals surface area contributed by atoms with E-state index in [-0.39, 0.29) is 23.3 Å². The number of ether oxygens (including phenoxy) is 1. The second-order valence-electron chi connectivity index (χ2n) is 7.67. The number of morpholine rings is 1. The van der Waals surface area contributed by atoms with Crippen LogP contribution in [0.15, 0.2) is 30.3 Å². The van der Waals surface area contributed by atoms with Crippen LogP contribution in [-0.4, -0.2) is 79.6 Å². The van der Waals surface area contributed by atoms with Crippen LogP contribution in [0.2, 0.25) is 0 Å². The molecule has 6 heteroatoms. The predicted molar refractivity (Wildman–Crippen MR) is 97.8 cm³/mol. The summed E-state index contributed by atoms with van der Waals surface area (Å²) in [5.74, 6) is 0.451. The Morgan fingerprint density at radius 3 is 2.31 bits per heavy atom. The van der Waals surface area contributed by atoms with Gasteiger partial charge in [-0.3, -0.25) is 4.79 Å². The Kier molecular flexibility index (Phi) is 4.61. The van der Waals surface area contributed by atoms with Gasteiger partial charge in [-0.25, -0.2) is 4.79 Å². The van der Waals surface area contributed by atoms with Crippen molar-refractivity contribution in [3.05, 3.63) is 35.9 Å². The lowest BCUT2D eigenvalue weighted by molar-refractivity contribution is -0.137. The van der Waals surface area contributed by atoms with E-state index in [0.29, 0.717) is 39.4 Å². The van der Waals surface area contributed by atoms with Crippen molar-refractivity contribution < 1.29 is 14.3 Å². The van der Waals surface area contributed by atoms with E-state index in [9.17, 15) is 9.59 Å². The number of carbonyl (C=O) groups is 2. The number of hydrogen-bond donors (Lipinski definition) is 0. The van der Waals surface area contributed by atoms with Crippen molar-refractivity contribution in [2.45, 2.75) is 18.8 Å². The second kappa shape index (κ2) is 6.91. The molecule has 0 aromatic heterocycles. The number of carbonyl (C=O) groups excluding carboxylic acids is 2. The van der Waals surface area contributed by atoms with E-state index in [1.807, 2.05) is 39.9 Å². The average Bonchev–Trinajstić information content (AvgIpc) is 2.94. The van der Waals surface area contributed by atoms with Gasteiger partial charge in [-0.2, -0.15) is 0 Å². The third-order valence-corrected chi connectivity index (χ3v) is 6.31. The van der Waals surface area contributed by atoms with Gasteiger partial charge in [-0.15, -0.1) is 0 Å². The van der Waals surface area contributed by atoms with Crippen LogP contribution in [0.3, 0.4) is 0 Å². The molecule has 0 aliphatic carbocycles. The van der Waals surface area contributed by atoms with E-state index in [4.69, 9.17) is 4.74 Å². The van der Waals surface area contributed by atoms with Gasteiger partial charge in [0.25, 0.3) is 0 Å². The number of amides is 3. The molecule has 0 saturated carbocycles. The second-order valence-corrected chi connectivity index (χ2v) is 7.67. The van der Waals surface area contributed by atoms with E-state index in [1.165, 1.54) is 5.56 Å². The van der Waals surface area contributed by atoms with Crippen LogP contribution >= 0.6 is 0 Å². The van der Waals surface area contributed by atoms with Crippen LogP contribution in [0.1, 0.15) is 24.3 Å². The average molecular weight is 357 g/mol. The summed E-state index contributed by atoms with van der Waals surface area (Å²) in [6, 6.07) is 10.5. The Morgan fingerprint density at radius 1 is 1.04 bits per heavy atom. The first kappa shape index (κ1) is 17.3. The molecule has 1 aromatic carbocycles. The van der Waals surface area contributed by atoms with E-state index in [1.54, 1.807) is 0 Å². The van der Waals surface area contributed by atoms with Crippen LogP contribution in [-0.2, 0) is 9.53 Å². The number of nitrogens with zero attached hydrogens (tertiary/aromatic N) is 3. The molecular weight excluding hydrogens is 330 g/mol. The predicted octanol–water partition coefficient (Wildman–Crippen LogP) is 1.78. The molecule has 0 bridgehead atoms. The molecule has 3 amide bonds. The van der Waals surface area contributed by atoms with Crippen LogP contribution < -0.4 is 0 Å². The summed E-state index contributed by atoms with van der Waals surface area (Å²) in [7, 11) is 1.90. The maximum absolute atomic E-state index is 13.0. The molecule has 140 valence electrons.